The molecule has 2 aromatic rings. The fraction of sp³-hybridized carbons (Fsp3) is 0.316. The van der Waals surface area contributed by atoms with E-state index in [4.69, 9.17) is 16.7 Å². The second-order valence-corrected chi connectivity index (χ2v) is 6.81. The van der Waals surface area contributed by atoms with Crippen molar-refractivity contribution in [3.63, 3.8) is 0 Å². The summed E-state index contributed by atoms with van der Waals surface area (Å²) in [5.74, 6) is -0.501. The number of halogens is 4. The molecule has 11 heteroatoms. The van der Waals surface area contributed by atoms with Gasteiger partial charge in [0.25, 0.3) is 0 Å². The zero-order valence-electron chi connectivity index (χ0n) is 15.7. The lowest BCUT2D eigenvalue weighted by atomic mass is 10.0. The predicted octanol–water partition coefficient (Wildman–Crippen LogP) is 4.25. The smallest absolute Gasteiger partial charge is 0.422 e. The molecule has 0 saturated carbocycles. The van der Waals surface area contributed by atoms with Crippen LogP contribution in [0.25, 0.3) is 0 Å². The van der Waals surface area contributed by atoms with Crippen LogP contribution in [0, 0.1) is 0 Å². The first-order chi connectivity index (χ1) is 14.0. The van der Waals surface area contributed by atoms with E-state index in [1.165, 1.54) is 12.1 Å². The quantitative estimate of drug-likeness (QED) is 0.564. The van der Waals surface area contributed by atoms with Crippen LogP contribution in [-0.2, 0) is 4.79 Å². The summed E-state index contributed by atoms with van der Waals surface area (Å²) in [6.45, 7) is 0.210. The number of carbonyl (C=O) groups is 2. The van der Waals surface area contributed by atoms with Gasteiger partial charge >= 0.3 is 12.3 Å². The number of benzene rings is 1. The number of pyridine rings is 1. The number of rotatable bonds is 8. The molecule has 0 fully saturated rings. The van der Waals surface area contributed by atoms with Gasteiger partial charge in [-0.15, -0.1) is 0 Å². The van der Waals surface area contributed by atoms with Crippen LogP contribution in [0.4, 0.5) is 18.0 Å². The molecule has 0 spiro atoms. The van der Waals surface area contributed by atoms with Crippen molar-refractivity contribution in [2.24, 2.45) is 0 Å². The summed E-state index contributed by atoms with van der Waals surface area (Å²) in [6.07, 6.45) is -4.78. The number of alkyl halides is 3. The molecule has 0 aliphatic carbocycles. The highest BCUT2D eigenvalue weighted by molar-refractivity contribution is 6.30. The molecule has 0 saturated heterocycles. The molecule has 1 aromatic carbocycles. The van der Waals surface area contributed by atoms with Gasteiger partial charge in [0, 0.05) is 5.02 Å². The van der Waals surface area contributed by atoms with Crippen LogP contribution < -0.4 is 15.4 Å². The average Bonchev–Trinajstić information content (AvgIpc) is 2.66. The maximum atomic E-state index is 12.4. The molecule has 0 radical (unpaired) electrons. The molecule has 0 aliphatic rings. The van der Waals surface area contributed by atoms with Gasteiger partial charge in [-0.05, 0) is 36.8 Å². The number of hydrogen-bond acceptors (Lipinski definition) is 4. The Morgan fingerprint density at radius 3 is 2.37 bits per heavy atom. The molecule has 7 nitrogen and oxygen atoms in total. The van der Waals surface area contributed by atoms with Gasteiger partial charge in [0.2, 0.25) is 5.91 Å². The van der Waals surface area contributed by atoms with Crippen molar-refractivity contribution >= 4 is 23.6 Å². The summed E-state index contributed by atoms with van der Waals surface area (Å²) in [7, 11) is 0. The fourth-order valence-electron chi connectivity index (χ4n) is 2.55. The number of nitrogens with one attached hydrogen (secondary N) is 2. The maximum absolute atomic E-state index is 12.4. The lowest BCUT2D eigenvalue weighted by Gasteiger charge is -2.19. The van der Waals surface area contributed by atoms with E-state index in [0.717, 1.165) is 6.20 Å². The minimum atomic E-state index is -4.45. The van der Waals surface area contributed by atoms with Gasteiger partial charge in [-0.3, -0.25) is 9.78 Å². The zero-order valence-corrected chi connectivity index (χ0v) is 16.5. The number of hydrogen-bond donors (Lipinski definition) is 3. The zero-order chi connectivity index (χ0) is 22.3. The Kier molecular flexibility index (Phi) is 7.87. The molecule has 2 amide bonds. The molecule has 0 unspecified atom stereocenters. The first kappa shape index (κ1) is 23.3. The molecule has 0 aliphatic heterocycles. The van der Waals surface area contributed by atoms with E-state index in [9.17, 15) is 22.8 Å². The highest BCUT2D eigenvalue weighted by Gasteiger charge is 2.28. The van der Waals surface area contributed by atoms with Crippen LogP contribution >= 0.6 is 11.6 Å². The van der Waals surface area contributed by atoms with Crippen molar-refractivity contribution in [2.45, 2.75) is 31.6 Å². The number of ether oxygens (including phenoxy) is 1. The number of carbonyl (C=O) groups excluding carboxylic acids is 1. The van der Waals surface area contributed by atoms with Crippen LogP contribution in [-0.4, -0.2) is 34.9 Å². The van der Waals surface area contributed by atoms with E-state index in [0.29, 0.717) is 16.3 Å². The van der Waals surface area contributed by atoms with E-state index in [-0.39, 0.29) is 12.2 Å². The van der Waals surface area contributed by atoms with Crippen LogP contribution in [0.2, 0.25) is 5.02 Å². The highest BCUT2D eigenvalue weighted by atomic mass is 35.5. The van der Waals surface area contributed by atoms with Gasteiger partial charge in [0.1, 0.15) is 5.75 Å². The largest absolute Gasteiger partial charge is 0.483 e. The summed E-state index contributed by atoms with van der Waals surface area (Å²) < 4.78 is 41.1. The molecule has 2 atom stereocenters. The van der Waals surface area contributed by atoms with Crippen LogP contribution in [0.5, 0.6) is 5.75 Å². The van der Waals surface area contributed by atoms with Crippen LogP contribution in [0.1, 0.15) is 36.7 Å². The van der Waals surface area contributed by atoms with Crippen molar-refractivity contribution in [1.29, 1.82) is 0 Å². The number of nitrogens with zero attached hydrogens (tertiary/aromatic N) is 1. The standard InChI is InChI=1S/C19H19ClF3N3O4/c1-11(15-7-6-14(9-24-15)30-10-19(21,22)23)25-17(27)8-16(26-18(28)29)12-2-4-13(20)5-3-12/h2-7,9,11,16,26H,8,10H2,1H3,(H,25,27)(H,28,29)/t11-,16+/m1/s1. The van der Waals surface area contributed by atoms with Crippen LogP contribution in [0.3, 0.4) is 0 Å². The monoisotopic (exact) mass is 445 g/mol. The summed E-state index contributed by atoms with van der Waals surface area (Å²) in [5.41, 5.74) is 0.964. The third-order valence-electron chi connectivity index (χ3n) is 3.94. The van der Waals surface area contributed by atoms with Crippen molar-refractivity contribution in [1.82, 2.24) is 15.6 Å². The Morgan fingerprint density at radius 2 is 1.83 bits per heavy atom. The normalized spacial score (nSPS) is 13.2. The van der Waals surface area contributed by atoms with Gasteiger partial charge in [0.05, 0.1) is 30.4 Å². The summed E-state index contributed by atoms with van der Waals surface area (Å²) >= 11 is 5.83. The molecule has 0 bridgehead atoms. The maximum Gasteiger partial charge on any atom is 0.422 e. The lowest BCUT2D eigenvalue weighted by Crippen LogP contribution is -2.34. The Morgan fingerprint density at radius 1 is 1.17 bits per heavy atom. The molecule has 162 valence electrons. The molecule has 3 N–H and O–H groups in total. The minimum Gasteiger partial charge on any atom is -0.483 e. The predicted molar refractivity (Wildman–Crippen MR) is 102 cm³/mol. The van der Waals surface area contributed by atoms with E-state index < -0.39 is 36.9 Å². The second kappa shape index (κ2) is 10.1. The summed E-state index contributed by atoms with van der Waals surface area (Å²) in [5, 5.41) is 14.5. The molecule has 30 heavy (non-hydrogen) atoms. The first-order valence-corrected chi connectivity index (χ1v) is 9.11. The summed E-state index contributed by atoms with van der Waals surface area (Å²) in [6, 6.07) is 7.78. The van der Waals surface area contributed by atoms with E-state index in [1.54, 1.807) is 31.2 Å². The Hall–Kier alpha value is -3.01. The average molecular weight is 446 g/mol. The van der Waals surface area contributed by atoms with Crippen molar-refractivity contribution in [3.05, 3.63) is 58.9 Å². The van der Waals surface area contributed by atoms with E-state index >= 15 is 0 Å². The van der Waals surface area contributed by atoms with E-state index in [2.05, 4.69) is 20.4 Å². The third-order valence-corrected chi connectivity index (χ3v) is 4.19. The Bertz CT molecular complexity index is 861. The number of carboxylic acid groups (broad SMARTS) is 1. The van der Waals surface area contributed by atoms with Crippen molar-refractivity contribution in [3.8, 4) is 5.75 Å². The minimum absolute atomic E-state index is 0.0527. The molecular weight excluding hydrogens is 427 g/mol. The van der Waals surface area contributed by atoms with E-state index in [1.807, 2.05) is 0 Å². The SMILES string of the molecule is C[C@@H](NC(=O)C[C@H](NC(=O)O)c1ccc(Cl)cc1)c1ccc(OCC(F)(F)F)cn1. The molecule has 1 aromatic heterocycles. The van der Waals surface area contributed by atoms with Crippen molar-refractivity contribution < 1.29 is 32.6 Å². The first-order valence-electron chi connectivity index (χ1n) is 8.73. The molecular formula is C19H19ClF3N3O4. The van der Waals surface area contributed by atoms with Gasteiger partial charge in [-0.1, -0.05) is 23.7 Å². The number of amides is 2. The summed E-state index contributed by atoms with van der Waals surface area (Å²) in [4.78, 5) is 27.4. The van der Waals surface area contributed by atoms with Gasteiger partial charge < -0.3 is 20.5 Å². The Balaban J connectivity index is 1.97. The lowest BCUT2D eigenvalue weighted by molar-refractivity contribution is -0.153. The fourth-order valence-corrected chi connectivity index (χ4v) is 2.68. The van der Waals surface area contributed by atoms with Crippen molar-refractivity contribution in [2.75, 3.05) is 6.61 Å². The third kappa shape index (κ3) is 7.78. The highest BCUT2D eigenvalue weighted by Crippen LogP contribution is 2.21. The van der Waals surface area contributed by atoms with Gasteiger partial charge in [-0.25, -0.2) is 4.79 Å². The molecule has 1 heterocycles. The molecule has 2 rings (SSSR count). The van der Waals surface area contributed by atoms with Gasteiger partial charge in [0.15, 0.2) is 6.61 Å². The topological polar surface area (TPSA) is 101 Å². The van der Waals surface area contributed by atoms with Gasteiger partial charge in [-0.2, -0.15) is 13.2 Å². The number of aromatic nitrogens is 1. The Labute approximate surface area is 175 Å². The van der Waals surface area contributed by atoms with Crippen LogP contribution in [0.15, 0.2) is 42.6 Å². The second-order valence-electron chi connectivity index (χ2n) is 6.37.